The monoisotopic (exact) mass is 379 g/mol. The molecule has 0 radical (unpaired) electrons. The number of ether oxygens (including phenoxy) is 1. The predicted molar refractivity (Wildman–Crippen MR) is 105 cm³/mol. The maximum Gasteiger partial charge on any atom is 0.414 e. The summed E-state index contributed by atoms with van der Waals surface area (Å²) in [7, 11) is 1.79. The molecule has 1 aromatic rings. The molecule has 152 valence electrons. The van der Waals surface area contributed by atoms with Crippen molar-refractivity contribution in [2.75, 3.05) is 20.2 Å². The van der Waals surface area contributed by atoms with Gasteiger partial charge in [-0.25, -0.2) is 9.59 Å². The van der Waals surface area contributed by atoms with Gasteiger partial charge in [-0.2, -0.15) is 0 Å². The molecule has 0 aromatic heterocycles. The van der Waals surface area contributed by atoms with Gasteiger partial charge in [-0.1, -0.05) is 38.8 Å². The van der Waals surface area contributed by atoms with Crippen molar-refractivity contribution in [1.82, 2.24) is 4.90 Å². The third kappa shape index (κ3) is 7.59. The molecule has 2 rings (SSSR count). The Balaban J connectivity index is 0.000000527. The molecule has 1 unspecified atom stereocenters. The number of rotatable bonds is 8. The van der Waals surface area contributed by atoms with Crippen LogP contribution >= 0.6 is 0 Å². The third-order valence-corrected chi connectivity index (χ3v) is 4.89. The topological polar surface area (TPSA) is 87.1 Å². The molecule has 1 aromatic carbocycles. The summed E-state index contributed by atoms with van der Waals surface area (Å²) in [6.45, 7) is 7.10. The molecule has 0 spiro atoms. The molecule has 0 bridgehead atoms. The van der Waals surface area contributed by atoms with Crippen LogP contribution in [0, 0.1) is 0 Å². The van der Waals surface area contributed by atoms with E-state index in [0.29, 0.717) is 0 Å². The van der Waals surface area contributed by atoms with E-state index >= 15 is 0 Å². The van der Waals surface area contributed by atoms with E-state index in [1.807, 2.05) is 0 Å². The molecule has 2 N–H and O–H groups in total. The van der Waals surface area contributed by atoms with Gasteiger partial charge in [-0.15, -0.1) is 0 Å². The fraction of sp³-hybridized carbons (Fsp3) is 0.619. The van der Waals surface area contributed by atoms with E-state index in [1.54, 1.807) is 7.11 Å². The number of aliphatic carboxylic acids is 2. The Morgan fingerprint density at radius 3 is 2.37 bits per heavy atom. The fourth-order valence-corrected chi connectivity index (χ4v) is 3.58. The van der Waals surface area contributed by atoms with Gasteiger partial charge in [0.25, 0.3) is 0 Å². The molecule has 1 aliphatic rings. The highest BCUT2D eigenvalue weighted by molar-refractivity contribution is 6.27. The van der Waals surface area contributed by atoms with Gasteiger partial charge in [0, 0.05) is 6.04 Å². The van der Waals surface area contributed by atoms with E-state index in [9.17, 15) is 0 Å². The normalized spacial score (nSPS) is 15.5. The van der Waals surface area contributed by atoms with Crippen molar-refractivity contribution in [3.63, 3.8) is 0 Å². The minimum Gasteiger partial charge on any atom is -0.496 e. The molecule has 6 heteroatoms. The summed E-state index contributed by atoms with van der Waals surface area (Å²) < 4.78 is 5.52. The van der Waals surface area contributed by atoms with Gasteiger partial charge in [-0.05, 0) is 62.4 Å². The number of fused-ring (bicyclic) bond motifs is 1. The number of unbranched alkanes of at least 4 members (excludes halogenated alkanes) is 2. The smallest absolute Gasteiger partial charge is 0.414 e. The second-order valence-electron chi connectivity index (χ2n) is 6.85. The number of carboxylic acids is 2. The Labute approximate surface area is 162 Å². The predicted octanol–water partition coefficient (Wildman–Crippen LogP) is 3.61. The van der Waals surface area contributed by atoms with Crippen molar-refractivity contribution in [1.29, 1.82) is 0 Å². The fourth-order valence-electron chi connectivity index (χ4n) is 3.58. The van der Waals surface area contributed by atoms with Gasteiger partial charge in [0.1, 0.15) is 5.75 Å². The van der Waals surface area contributed by atoms with E-state index in [2.05, 4.69) is 36.9 Å². The Morgan fingerprint density at radius 1 is 1.11 bits per heavy atom. The molecule has 0 saturated carbocycles. The van der Waals surface area contributed by atoms with Gasteiger partial charge in [0.15, 0.2) is 0 Å². The number of hydrogen-bond donors (Lipinski definition) is 2. The Hall–Kier alpha value is -2.08. The van der Waals surface area contributed by atoms with E-state index in [-0.39, 0.29) is 0 Å². The van der Waals surface area contributed by atoms with E-state index in [0.717, 1.165) is 18.2 Å². The zero-order valence-electron chi connectivity index (χ0n) is 16.7. The highest BCUT2D eigenvalue weighted by Crippen LogP contribution is 2.31. The minimum absolute atomic E-state index is 0.724. The summed E-state index contributed by atoms with van der Waals surface area (Å²) >= 11 is 0. The maximum absolute atomic E-state index is 9.10. The van der Waals surface area contributed by atoms with Gasteiger partial charge in [0.05, 0.1) is 7.11 Å². The Kier molecular flexibility index (Phi) is 10.5. The van der Waals surface area contributed by atoms with Gasteiger partial charge in [-0.3, -0.25) is 0 Å². The lowest BCUT2D eigenvalue weighted by molar-refractivity contribution is -0.159. The van der Waals surface area contributed by atoms with Crippen LogP contribution in [0.4, 0.5) is 0 Å². The molecule has 0 fully saturated rings. The van der Waals surface area contributed by atoms with Gasteiger partial charge < -0.3 is 19.8 Å². The quantitative estimate of drug-likeness (QED) is 0.530. The zero-order valence-corrected chi connectivity index (χ0v) is 16.7. The average Bonchev–Trinajstić information content (AvgIpc) is 2.67. The van der Waals surface area contributed by atoms with Crippen molar-refractivity contribution < 1.29 is 24.5 Å². The van der Waals surface area contributed by atoms with Crippen molar-refractivity contribution in [3.8, 4) is 5.75 Å². The number of methoxy groups -OCH3 is 1. The number of carboxylic acid groups (broad SMARTS) is 2. The summed E-state index contributed by atoms with van der Waals surface area (Å²) in [6.07, 6.45) is 8.91. The molecule has 0 saturated heterocycles. The van der Waals surface area contributed by atoms with Crippen molar-refractivity contribution in [2.24, 2.45) is 0 Å². The van der Waals surface area contributed by atoms with Gasteiger partial charge >= 0.3 is 11.9 Å². The van der Waals surface area contributed by atoms with Crippen LogP contribution in [0.25, 0.3) is 0 Å². The molecular weight excluding hydrogens is 346 g/mol. The lowest BCUT2D eigenvalue weighted by Crippen LogP contribution is -2.40. The molecule has 0 heterocycles. The highest BCUT2D eigenvalue weighted by atomic mass is 16.5. The Morgan fingerprint density at radius 2 is 1.81 bits per heavy atom. The van der Waals surface area contributed by atoms with Crippen LogP contribution in [0.1, 0.15) is 57.1 Å². The van der Waals surface area contributed by atoms with Gasteiger partial charge in [0.2, 0.25) is 0 Å². The number of hydrogen-bond acceptors (Lipinski definition) is 4. The van der Waals surface area contributed by atoms with Crippen LogP contribution in [0.5, 0.6) is 5.75 Å². The van der Waals surface area contributed by atoms with Crippen molar-refractivity contribution in [2.45, 2.75) is 64.8 Å². The zero-order chi connectivity index (χ0) is 20.2. The molecule has 1 aliphatic carbocycles. The number of benzene rings is 1. The van der Waals surface area contributed by atoms with Crippen LogP contribution in [0.3, 0.4) is 0 Å². The van der Waals surface area contributed by atoms with E-state index in [1.165, 1.54) is 62.7 Å². The summed E-state index contributed by atoms with van der Waals surface area (Å²) in [6, 6.07) is 7.26. The number of nitrogens with zero attached hydrogens (tertiary/aromatic N) is 1. The van der Waals surface area contributed by atoms with Crippen LogP contribution < -0.4 is 4.74 Å². The van der Waals surface area contributed by atoms with Crippen molar-refractivity contribution >= 4 is 11.9 Å². The van der Waals surface area contributed by atoms with E-state index in [4.69, 9.17) is 24.5 Å². The first kappa shape index (κ1) is 23.0. The molecule has 27 heavy (non-hydrogen) atoms. The minimum atomic E-state index is -1.82. The van der Waals surface area contributed by atoms with Crippen molar-refractivity contribution in [3.05, 3.63) is 29.3 Å². The van der Waals surface area contributed by atoms with Crippen LogP contribution in [-0.2, 0) is 22.4 Å². The standard InChI is InChI=1S/C19H31NO.C2H2O4/c1-4-6-7-14-20(13-5-2)17-11-12-18-16(15-17)9-8-10-19(18)21-3;3-1(4)2(5)6/h8-10,17H,4-7,11-15H2,1-3H3;(H,3,4)(H,5,6). The number of carbonyl (C=O) groups is 2. The third-order valence-electron chi connectivity index (χ3n) is 4.89. The maximum atomic E-state index is 9.10. The summed E-state index contributed by atoms with van der Waals surface area (Å²) in [5.74, 6) is -2.57. The molecule has 1 atom stereocenters. The molecular formula is C21H33NO5. The summed E-state index contributed by atoms with van der Waals surface area (Å²) in [4.78, 5) is 20.9. The second-order valence-corrected chi connectivity index (χ2v) is 6.85. The van der Waals surface area contributed by atoms with Crippen LogP contribution in [-0.4, -0.2) is 53.3 Å². The molecule has 0 aliphatic heterocycles. The molecule has 0 amide bonds. The average molecular weight is 379 g/mol. The molecule has 6 nitrogen and oxygen atoms in total. The first-order valence-corrected chi connectivity index (χ1v) is 9.79. The first-order valence-electron chi connectivity index (χ1n) is 9.79. The largest absolute Gasteiger partial charge is 0.496 e. The lowest BCUT2D eigenvalue weighted by atomic mass is 9.86. The van der Waals surface area contributed by atoms with E-state index < -0.39 is 11.9 Å². The SMILES string of the molecule is CCCCCN(CCC)C1CCc2c(cccc2OC)C1.O=C(O)C(=O)O. The highest BCUT2D eigenvalue weighted by Gasteiger charge is 2.25. The van der Waals surface area contributed by atoms with Crippen LogP contribution in [0.15, 0.2) is 18.2 Å². The lowest BCUT2D eigenvalue weighted by Gasteiger charge is -2.35. The van der Waals surface area contributed by atoms with Crippen LogP contribution in [0.2, 0.25) is 0 Å². The Bertz CT molecular complexity index is 590. The second kappa shape index (κ2) is 12.3. The summed E-state index contributed by atoms with van der Waals surface area (Å²) in [5.41, 5.74) is 2.95. The summed E-state index contributed by atoms with van der Waals surface area (Å²) in [5, 5.41) is 14.8. The first-order chi connectivity index (χ1) is 12.9.